The average Bonchev–Trinajstić information content (AvgIpc) is 2.32. The molecule has 1 aromatic carbocycles. The quantitative estimate of drug-likeness (QED) is 0.439. The first-order chi connectivity index (χ1) is 8.58. The van der Waals surface area contributed by atoms with Crippen LogP contribution in [0, 0.1) is 16.7 Å². The molecule has 0 aliphatic rings. The number of nitrogens with zero attached hydrogens (tertiary/aromatic N) is 2. The van der Waals surface area contributed by atoms with E-state index in [0.29, 0.717) is 18.0 Å². The Kier molecular flexibility index (Phi) is 5.14. The van der Waals surface area contributed by atoms with Gasteiger partial charge in [-0.3, -0.25) is 10.8 Å². The van der Waals surface area contributed by atoms with Crippen molar-refractivity contribution in [1.29, 1.82) is 10.7 Å². The predicted octanol–water partition coefficient (Wildman–Crippen LogP) is 2.08. The number of nitriles is 1. The normalized spacial score (nSPS) is 10.6. The molecule has 0 atom stereocenters. The monoisotopic (exact) mass is 309 g/mol. The molecule has 0 saturated heterocycles. The molecule has 0 aliphatic carbocycles. The van der Waals surface area contributed by atoms with Gasteiger partial charge in [0, 0.05) is 4.47 Å². The smallest absolute Gasteiger partial charge is 0.201 e. The summed E-state index contributed by atoms with van der Waals surface area (Å²) in [7, 11) is 0. The lowest BCUT2D eigenvalue weighted by molar-refractivity contribution is 0.341. The van der Waals surface area contributed by atoms with Gasteiger partial charge < -0.3 is 10.5 Å². The van der Waals surface area contributed by atoms with Crippen molar-refractivity contribution in [3.05, 3.63) is 22.7 Å². The SMILES string of the molecule is CCOc1cc(Br)ccc1N/N=C(\C#N)C(=N)N. The maximum absolute atomic E-state index is 8.71. The third-order valence-electron chi connectivity index (χ3n) is 1.89. The topological polar surface area (TPSA) is 107 Å². The summed E-state index contributed by atoms with van der Waals surface area (Å²) in [4.78, 5) is 0. The molecule has 1 rings (SSSR count). The van der Waals surface area contributed by atoms with E-state index in [0.717, 1.165) is 4.47 Å². The van der Waals surface area contributed by atoms with Gasteiger partial charge in [-0.25, -0.2) is 0 Å². The van der Waals surface area contributed by atoms with Crippen LogP contribution in [0.5, 0.6) is 5.75 Å². The van der Waals surface area contributed by atoms with Crippen molar-refractivity contribution in [3.63, 3.8) is 0 Å². The second kappa shape index (κ2) is 6.61. The maximum atomic E-state index is 8.71. The first-order valence-corrected chi connectivity index (χ1v) is 5.88. The number of nitrogens with two attached hydrogens (primary N) is 1. The van der Waals surface area contributed by atoms with Crippen LogP contribution in [0.1, 0.15) is 6.92 Å². The Labute approximate surface area is 113 Å². The van der Waals surface area contributed by atoms with Gasteiger partial charge in [-0.2, -0.15) is 10.4 Å². The third kappa shape index (κ3) is 3.75. The van der Waals surface area contributed by atoms with Crippen molar-refractivity contribution in [1.82, 2.24) is 0 Å². The molecule has 0 heterocycles. The van der Waals surface area contributed by atoms with E-state index in [2.05, 4.69) is 26.5 Å². The summed E-state index contributed by atoms with van der Waals surface area (Å²) in [6.07, 6.45) is 0. The van der Waals surface area contributed by atoms with Crippen molar-refractivity contribution in [2.45, 2.75) is 6.92 Å². The van der Waals surface area contributed by atoms with E-state index in [1.54, 1.807) is 24.3 Å². The Bertz CT molecular complexity index is 521. The molecule has 0 amide bonds. The lowest BCUT2D eigenvalue weighted by Crippen LogP contribution is -2.21. The molecule has 18 heavy (non-hydrogen) atoms. The van der Waals surface area contributed by atoms with Crippen LogP contribution in [-0.4, -0.2) is 18.2 Å². The second-order valence-electron chi connectivity index (χ2n) is 3.17. The molecular formula is C11H12BrN5O. The maximum Gasteiger partial charge on any atom is 0.201 e. The van der Waals surface area contributed by atoms with Crippen LogP contribution in [0.15, 0.2) is 27.8 Å². The molecule has 0 radical (unpaired) electrons. The predicted molar refractivity (Wildman–Crippen MR) is 73.9 cm³/mol. The molecule has 0 unspecified atom stereocenters. The van der Waals surface area contributed by atoms with Crippen molar-refractivity contribution in [2.24, 2.45) is 10.8 Å². The van der Waals surface area contributed by atoms with Crippen molar-refractivity contribution in [3.8, 4) is 11.8 Å². The van der Waals surface area contributed by atoms with Gasteiger partial charge in [0.1, 0.15) is 11.8 Å². The number of hydrogen-bond acceptors (Lipinski definition) is 5. The Morgan fingerprint density at radius 3 is 2.94 bits per heavy atom. The van der Waals surface area contributed by atoms with Gasteiger partial charge in [0.05, 0.1) is 12.3 Å². The molecule has 0 saturated carbocycles. The van der Waals surface area contributed by atoms with Crippen LogP contribution < -0.4 is 15.9 Å². The van der Waals surface area contributed by atoms with Gasteiger partial charge in [0.15, 0.2) is 5.84 Å². The number of anilines is 1. The van der Waals surface area contributed by atoms with E-state index in [1.165, 1.54) is 0 Å². The van der Waals surface area contributed by atoms with Crippen LogP contribution in [0.4, 0.5) is 5.69 Å². The Balaban J connectivity index is 2.97. The minimum absolute atomic E-state index is 0.180. The van der Waals surface area contributed by atoms with Gasteiger partial charge in [-0.15, -0.1) is 0 Å². The number of hydrogen-bond donors (Lipinski definition) is 3. The summed E-state index contributed by atoms with van der Waals surface area (Å²) < 4.78 is 6.28. The minimum atomic E-state index is -0.389. The number of amidine groups is 1. The van der Waals surface area contributed by atoms with Gasteiger partial charge in [-0.1, -0.05) is 15.9 Å². The van der Waals surface area contributed by atoms with Crippen LogP contribution in [0.3, 0.4) is 0 Å². The molecule has 1 aromatic rings. The summed E-state index contributed by atoms with van der Waals surface area (Å²) in [5, 5.41) is 19.6. The Morgan fingerprint density at radius 2 is 2.39 bits per heavy atom. The second-order valence-corrected chi connectivity index (χ2v) is 4.09. The van der Waals surface area contributed by atoms with E-state index < -0.39 is 0 Å². The molecule has 7 heteroatoms. The average molecular weight is 310 g/mol. The fourth-order valence-corrected chi connectivity index (χ4v) is 1.47. The van der Waals surface area contributed by atoms with E-state index in [1.807, 2.05) is 6.92 Å². The number of rotatable bonds is 5. The standard InChI is InChI=1S/C11H12BrN5O/c1-2-18-10-5-7(12)3-4-8(10)16-17-9(6-13)11(14)15/h3-5,16H,2H2,1H3,(H3,14,15)/b17-9+. The summed E-state index contributed by atoms with van der Waals surface area (Å²) >= 11 is 3.33. The molecule has 6 nitrogen and oxygen atoms in total. The zero-order chi connectivity index (χ0) is 13.5. The van der Waals surface area contributed by atoms with Gasteiger partial charge in [0.2, 0.25) is 5.71 Å². The molecule has 94 valence electrons. The van der Waals surface area contributed by atoms with Crippen LogP contribution in [-0.2, 0) is 0 Å². The fourth-order valence-electron chi connectivity index (χ4n) is 1.13. The zero-order valence-electron chi connectivity index (χ0n) is 9.70. The van der Waals surface area contributed by atoms with Crippen molar-refractivity contribution < 1.29 is 4.74 Å². The first-order valence-electron chi connectivity index (χ1n) is 5.09. The summed E-state index contributed by atoms with van der Waals surface area (Å²) in [6.45, 7) is 2.37. The molecular weight excluding hydrogens is 298 g/mol. The largest absolute Gasteiger partial charge is 0.492 e. The Morgan fingerprint density at radius 1 is 1.67 bits per heavy atom. The number of hydrazone groups is 1. The van der Waals surface area contributed by atoms with Crippen LogP contribution in [0.2, 0.25) is 0 Å². The highest BCUT2D eigenvalue weighted by atomic mass is 79.9. The molecule has 0 bridgehead atoms. The number of benzene rings is 1. The van der Waals surface area contributed by atoms with E-state index in [9.17, 15) is 0 Å². The van der Waals surface area contributed by atoms with Gasteiger partial charge in [0.25, 0.3) is 0 Å². The van der Waals surface area contributed by atoms with E-state index in [4.69, 9.17) is 21.1 Å². The molecule has 0 fully saturated rings. The first kappa shape index (κ1) is 14.0. The summed E-state index contributed by atoms with van der Waals surface area (Å²) in [6, 6.07) is 7.05. The zero-order valence-corrected chi connectivity index (χ0v) is 11.3. The number of ether oxygens (including phenoxy) is 1. The lowest BCUT2D eigenvalue weighted by Gasteiger charge is -2.09. The van der Waals surface area contributed by atoms with Crippen LogP contribution >= 0.6 is 15.9 Å². The Hall–Kier alpha value is -2.07. The molecule has 0 spiro atoms. The highest BCUT2D eigenvalue weighted by molar-refractivity contribution is 9.10. The highest BCUT2D eigenvalue weighted by Crippen LogP contribution is 2.28. The van der Waals surface area contributed by atoms with Crippen molar-refractivity contribution in [2.75, 3.05) is 12.0 Å². The molecule has 4 N–H and O–H groups in total. The van der Waals surface area contributed by atoms with Gasteiger partial charge in [-0.05, 0) is 25.1 Å². The highest BCUT2D eigenvalue weighted by Gasteiger charge is 2.05. The number of nitrogens with one attached hydrogen (secondary N) is 2. The fraction of sp³-hybridized carbons (Fsp3) is 0.182. The van der Waals surface area contributed by atoms with E-state index >= 15 is 0 Å². The van der Waals surface area contributed by atoms with E-state index in [-0.39, 0.29) is 11.5 Å². The summed E-state index contributed by atoms with van der Waals surface area (Å²) in [5.41, 5.74) is 8.25. The van der Waals surface area contributed by atoms with Crippen molar-refractivity contribution >= 4 is 33.2 Å². The van der Waals surface area contributed by atoms with Crippen LogP contribution in [0.25, 0.3) is 0 Å². The third-order valence-corrected chi connectivity index (χ3v) is 2.39. The molecule has 0 aromatic heterocycles. The lowest BCUT2D eigenvalue weighted by atomic mass is 10.3. The van der Waals surface area contributed by atoms with Gasteiger partial charge >= 0.3 is 0 Å². The summed E-state index contributed by atoms with van der Waals surface area (Å²) in [5.74, 6) is 0.205. The molecule has 0 aliphatic heterocycles. The number of halogens is 1. The minimum Gasteiger partial charge on any atom is -0.492 e.